The summed E-state index contributed by atoms with van der Waals surface area (Å²) in [5.74, 6) is 1.65. The van der Waals surface area contributed by atoms with Crippen molar-refractivity contribution in [2.24, 2.45) is 7.05 Å². The zero-order chi connectivity index (χ0) is 18.8. The van der Waals surface area contributed by atoms with Crippen LogP contribution in [0.15, 0.2) is 58.5 Å². The quantitative estimate of drug-likeness (QED) is 0.369. The predicted octanol–water partition coefficient (Wildman–Crippen LogP) is 4.38. The summed E-state index contributed by atoms with van der Waals surface area (Å²) in [7, 11) is 2.03. The lowest BCUT2D eigenvalue weighted by atomic mass is 10.2. The van der Waals surface area contributed by atoms with E-state index in [4.69, 9.17) is 9.97 Å². The summed E-state index contributed by atoms with van der Waals surface area (Å²) in [5, 5.41) is 1.44. The van der Waals surface area contributed by atoms with Gasteiger partial charge in [0.15, 0.2) is 5.16 Å². The molecule has 0 unspecified atom stereocenters. The van der Waals surface area contributed by atoms with Crippen LogP contribution in [0.5, 0.6) is 0 Å². The topological polar surface area (TPSA) is 52.7 Å². The van der Waals surface area contributed by atoms with Gasteiger partial charge in [0.1, 0.15) is 5.82 Å². The molecule has 6 heteroatoms. The number of benzene rings is 2. The fourth-order valence-electron chi connectivity index (χ4n) is 3.22. The maximum absolute atomic E-state index is 13.0. The Kier molecular flexibility index (Phi) is 4.99. The van der Waals surface area contributed by atoms with E-state index in [0.29, 0.717) is 17.7 Å². The highest BCUT2D eigenvalue weighted by Crippen LogP contribution is 2.24. The summed E-state index contributed by atoms with van der Waals surface area (Å²) < 4.78 is 3.93. The summed E-state index contributed by atoms with van der Waals surface area (Å²) in [6, 6.07) is 15.7. The third kappa shape index (κ3) is 3.37. The van der Waals surface area contributed by atoms with Gasteiger partial charge >= 0.3 is 0 Å². The molecule has 0 amide bonds. The van der Waals surface area contributed by atoms with Crippen LogP contribution in [-0.2, 0) is 19.3 Å². The molecule has 0 saturated carbocycles. The first-order valence-electron chi connectivity index (χ1n) is 9.21. The maximum atomic E-state index is 13.0. The van der Waals surface area contributed by atoms with Crippen molar-refractivity contribution >= 4 is 33.7 Å². The molecule has 2 heterocycles. The van der Waals surface area contributed by atoms with Gasteiger partial charge in [0.2, 0.25) is 0 Å². The summed E-state index contributed by atoms with van der Waals surface area (Å²) in [6.45, 7) is 2.82. The molecule has 4 aromatic rings. The van der Waals surface area contributed by atoms with E-state index in [1.807, 2.05) is 54.1 Å². The Morgan fingerprint density at radius 2 is 1.74 bits per heavy atom. The van der Waals surface area contributed by atoms with E-state index in [1.54, 1.807) is 11.8 Å². The van der Waals surface area contributed by atoms with E-state index in [9.17, 15) is 4.79 Å². The van der Waals surface area contributed by atoms with E-state index in [-0.39, 0.29) is 5.56 Å². The van der Waals surface area contributed by atoms with Gasteiger partial charge < -0.3 is 4.57 Å². The second-order valence-corrected chi connectivity index (χ2v) is 7.53. The number of nitrogens with zero attached hydrogens (tertiary/aromatic N) is 4. The van der Waals surface area contributed by atoms with E-state index >= 15 is 0 Å². The van der Waals surface area contributed by atoms with Gasteiger partial charge in [-0.3, -0.25) is 9.36 Å². The predicted molar refractivity (Wildman–Crippen MR) is 111 cm³/mol. The number of para-hydroxylation sites is 3. The molecule has 0 saturated heterocycles. The van der Waals surface area contributed by atoms with E-state index < -0.39 is 0 Å². The summed E-state index contributed by atoms with van der Waals surface area (Å²) in [4.78, 5) is 22.5. The fraction of sp³-hybridized carbons (Fsp3) is 0.286. The lowest BCUT2D eigenvalue weighted by Gasteiger charge is -2.12. The van der Waals surface area contributed by atoms with Gasteiger partial charge in [-0.05, 0) is 30.7 Å². The lowest BCUT2D eigenvalue weighted by molar-refractivity contribution is 0.557. The highest BCUT2D eigenvalue weighted by Gasteiger charge is 2.13. The summed E-state index contributed by atoms with van der Waals surface area (Å²) >= 11 is 1.58. The van der Waals surface area contributed by atoms with Gasteiger partial charge in [-0.25, -0.2) is 9.97 Å². The zero-order valence-corrected chi connectivity index (χ0v) is 16.4. The highest BCUT2D eigenvalue weighted by atomic mass is 32.2. The SMILES string of the molecule is CCCCn1c(SCc2nc3ccccc3n2C)nc2ccccc2c1=O. The first kappa shape index (κ1) is 17.8. The minimum absolute atomic E-state index is 0.0431. The molecule has 138 valence electrons. The van der Waals surface area contributed by atoms with Crippen molar-refractivity contribution < 1.29 is 0 Å². The molecule has 4 rings (SSSR count). The minimum Gasteiger partial charge on any atom is -0.330 e. The second kappa shape index (κ2) is 7.56. The Morgan fingerprint density at radius 1 is 1.00 bits per heavy atom. The van der Waals surface area contributed by atoms with Crippen LogP contribution >= 0.6 is 11.8 Å². The number of aryl methyl sites for hydroxylation is 1. The minimum atomic E-state index is 0.0431. The molecule has 0 aliphatic carbocycles. The largest absolute Gasteiger partial charge is 0.330 e. The van der Waals surface area contributed by atoms with Crippen LogP contribution < -0.4 is 5.56 Å². The van der Waals surface area contributed by atoms with Crippen LogP contribution in [0.25, 0.3) is 21.9 Å². The smallest absolute Gasteiger partial charge is 0.262 e. The Hall–Kier alpha value is -2.60. The molecule has 0 aliphatic rings. The molecule has 2 aromatic carbocycles. The summed E-state index contributed by atoms with van der Waals surface area (Å²) in [6.07, 6.45) is 1.99. The maximum Gasteiger partial charge on any atom is 0.262 e. The molecule has 2 aromatic heterocycles. The van der Waals surface area contributed by atoms with Crippen LogP contribution in [-0.4, -0.2) is 19.1 Å². The molecule has 0 N–H and O–H groups in total. The molecular formula is C21H22N4OS. The first-order chi connectivity index (χ1) is 13.2. The van der Waals surface area contributed by atoms with Crippen LogP contribution in [0, 0.1) is 0 Å². The van der Waals surface area contributed by atoms with Crippen molar-refractivity contribution in [2.45, 2.75) is 37.2 Å². The van der Waals surface area contributed by atoms with Crippen molar-refractivity contribution in [1.29, 1.82) is 0 Å². The normalized spacial score (nSPS) is 11.5. The number of imidazole rings is 1. The van der Waals surface area contributed by atoms with Crippen molar-refractivity contribution in [3.63, 3.8) is 0 Å². The van der Waals surface area contributed by atoms with Crippen molar-refractivity contribution in [2.75, 3.05) is 0 Å². The average molecular weight is 379 g/mol. The zero-order valence-electron chi connectivity index (χ0n) is 15.6. The van der Waals surface area contributed by atoms with Gasteiger partial charge in [0.25, 0.3) is 5.56 Å². The van der Waals surface area contributed by atoms with Crippen LogP contribution in [0.3, 0.4) is 0 Å². The molecule has 0 fully saturated rings. The monoisotopic (exact) mass is 378 g/mol. The molecular weight excluding hydrogens is 356 g/mol. The Balaban J connectivity index is 1.71. The molecule has 27 heavy (non-hydrogen) atoms. The van der Waals surface area contributed by atoms with Crippen molar-refractivity contribution in [3.05, 3.63) is 64.7 Å². The van der Waals surface area contributed by atoms with Gasteiger partial charge in [0.05, 0.1) is 27.7 Å². The number of thioether (sulfide) groups is 1. The Bertz CT molecular complexity index is 1160. The number of rotatable bonds is 6. The Labute approximate surface area is 162 Å². The molecule has 0 atom stereocenters. The van der Waals surface area contributed by atoms with Crippen LogP contribution in [0.4, 0.5) is 0 Å². The van der Waals surface area contributed by atoms with Gasteiger partial charge in [0, 0.05) is 13.6 Å². The molecule has 5 nitrogen and oxygen atoms in total. The molecule has 0 bridgehead atoms. The third-order valence-corrected chi connectivity index (χ3v) is 5.74. The van der Waals surface area contributed by atoms with E-state index in [2.05, 4.69) is 17.6 Å². The van der Waals surface area contributed by atoms with Crippen LogP contribution in [0.2, 0.25) is 0 Å². The van der Waals surface area contributed by atoms with Gasteiger partial charge in [-0.15, -0.1) is 0 Å². The van der Waals surface area contributed by atoms with Crippen molar-refractivity contribution in [3.8, 4) is 0 Å². The third-order valence-electron chi connectivity index (χ3n) is 4.77. The molecule has 0 spiro atoms. The Morgan fingerprint density at radius 3 is 2.52 bits per heavy atom. The van der Waals surface area contributed by atoms with Crippen LogP contribution in [0.1, 0.15) is 25.6 Å². The van der Waals surface area contributed by atoms with E-state index in [0.717, 1.165) is 40.4 Å². The number of aromatic nitrogens is 4. The molecule has 0 radical (unpaired) electrons. The number of fused-ring (bicyclic) bond motifs is 2. The summed E-state index contributed by atoms with van der Waals surface area (Å²) in [5.41, 5.74) is 2.90. The second-order valence-electron chi connectivity index (χ2n) is 6.59. The lowest BCUT2D eigenvalue weighted by Crippen LogP contribution is -2.23. The number of unbranched alkanes of at least 4 members (excludes halogenated alkanes) is 1. The number of hydrogen-bond donors (Lipinski definition) is 0. The first-order valence-corrected chi connectivity index (χ1v) is 10.2. The molecule has 0 aliphatic heterocycles. The van der Waals surface area contributed by atoms with Gasteiger partial charge in [-0.2, -0.15) is 0 Å². The van der Waals surface area contributed by atoms with Crippen molar-refractivity contribution in [1.82, 2.24) is 19.1 Å². The highest BCUT2D eigenvalue weighted by molar-refractivity contribution is 7.98. The van der Waals surface area contributed by atoms with Gasteiger partial charge in [-0.1, -0.05) is 49.4 Å². The fourth-order valence-corrected chi connectivity index (χ4v) is 4.23. The standard InChI is InChI=1S/C21H22N4OS/c1-3-4-13-25-20(26)15-9-5-6-10-16(15)23-21(25)27-14-19-22-17-11-7-8-12-18(17)24(19)2/h5-12H,3-4,13-14H2,1-2H3. The average Bonchev–Trinajstić information content (AvgIpc) is 3.02. The van der Waals surface area contributed by atoms with E-state index in [1.165, 1.54) is 0 Å². The number of hydrogen-bond acceptors (Lipinski definition) is 4.